The van der Waals surface area contributed by atoms with Crippen LogP contribution in [0.5, 0.6) is 0 Å². The van der Waals surface area contributed by atoms with Crippen molar-refractivity contribution in [2.45, 2.75) is 52.5 Å². The summed E-state index contributed by atoms with van der Waals surface area (Å²) in [5.41, 5.74) is 6.40. The summed E-state index contributed by atoms with van der Waals surface area (Å²) in [4.78, 5) is 13.5. The van der Waals surface area contributed by atoms with Gasteiger partial charge in [-0.1, -0.05) is 48.9 Å². The van der Waals surface area contributed by atoms with Gasteiger partial charge in [0.2, 0.25) is 0 Å². The third kappa shape index (κ3) is 4.95. The average molecular weight is 400 g/mol. The lowest BCUT2D eigenvalue weighted by Crippen LogP contribution is -2.23. The Morgan fingerprint density at radius 2 is 2.00 bits per heavy atom. The molecule has 0 bridgehead atoms. The van der Waals surface area contributed by atoms with Crippen LogP contribution in [0.1, 0.15) is 53.5 Å². The Hall–Kier alpha value is -1.84. The molecule has 4 heteroatoms. The van der Waals surface area contributed by atoms with Crippen molar-refractivity contribution in [1.29, 1.82) is 0 Å². The van der Waals surface area contributed by atoms with E-state index in [0.717, 1.165) is 42.9 Å². The topological polar surface area (TPSA) is 40.5 Å². The fourth-order valence-corrected chi connectivity index (χ4v) is 4.26. The predicted molar refractivity (Wildman–Crippen MR) is 115 cm³/mol. The molecule has 2 aromatic carbocycles. The van der Waals surface area contributed by atoms with Gasteiger partial charge in [0.05, 0.1) is 5.92 Å². The van der Waals surface area contributed by atoms with Gasteiger partial charge in [0.15, 0.2) is 0 Å². The molecule has 28 heavy (non-hydrogen) atoms. The minimum absolute atomic E-state index is 0.221. The van der Waals surface area contributed by atoms with Crippen molar-refractivity contribution < 1.29 is 9.90 Å². The normalized spacial score (nSPS) is 18.4. The van der Waals surface area contributed by atoms with Crippen molar-refractivity contribution in [3.8, 4) is 0 Å². The van der Waals surface area contributed by atoms with E-state index in [4.69, 9.17) is 11.6 Å². The Kier molecular flexibility index (Phi) is 6.79. The van der Waals surface area contributed by atoms with E-state index in [9.17, 15) is 9.90 Å². The first kappa shape index (κ1) is 20.9. The number of hydrogen-bond donors (Lipinski definition) is 1. The van der Waals surface area contributed by atoms with Gasteiger partial charge in [0, 0.05) is 18.1 Å². The van der Waals surface area contributed by atoms with Gasteiger partial charge in [-0.15, -0.1) is 0 Å². The third-order valence-electron chi connectivity index (χ3n) is 6.06. The highest BCUT2D eigenvalue weighted by molar-refractivity contribution is 6.31. The molecule has 1 aliphatic rings. The molecular weight excluding hydrogens is 370 g/mol. The molecule has 2 atom stereocenters. The lowest BCUT2D eigenvalue weighted by atomic mass is 9.88. The minimum Gasteiger partial charge on any atom is -0.481 e. The first-order chi connectivity index (χ1) is 13.4. The fourth-order valence-electron chi connectivity index (χ4n) is 4.15. The number of aryl methyl sites for hydroxylation is 2. The van der Waals surface area contributed by atoms with Gasteiger partial charge in [0.25, 0.3) is 0 Å². The highest BCUT2D eigenvalue weighted by Gasteiger charge is 2.28. The second-order valence-electron chi connectivity index (χ2n) is 8.14. The maximum Gasteiger partial charge on any atom is 0.307 e. The maximum atomic E-state index is 11.2. The van der Waals surface area contributed by atoms with Crippen molar-refractivity contribution in [3.63, 3.8) is 0 Å². The van der Waals surface area contributed by atoms with Gasteiger partial charge in [-0.05, 0) is 79.5 Å². The molecule has 1 N–H and O–H groups in total. The molecule has 0 amide bonds. The predicted octanol–water partition coefficient (Wildman–Crippen LogP) is 5.60. The van der Waals surface area contributed by atoms with Crippen LogP contribution >= 0.6 is 11.6 Å². The summed E-state index contributed by atoms with van der Waals surface area (Å²) in [6.45, 7) is 8.79. The number of hydrogen-bond acceptors (Lipinski definition) is 2. The molecule has 0 aliphatic carbocycles. The number of rotatable bonds is 7. The van der Waals surface area contributed by atoms with E-state index in [-0.39, 0.29) is 5.92 Å². The summed E-state index contributed by atoms with van der Waals surface area (Å²) >= 11 is 6.20. The summed E-state index contributed by atoms with van der Waals surface area (Å²) in [6.07, 6.45) is 2.83. The highest BCUT2D eigenvalue weighted by atomic mass is 35.5. The molecule has 2 aromatic rings. The van der Waals surface area contributed by atoms with E-state index in [2.05, 4.69) is 56.0 Å². The van der Waals surface area contributed by atoms with Crippen molar-refractivity contribution in [1.82, 2.24) is 4.90 Å². The number of benzene rings is 2. The van der Waals surface area contributed by atoms with Crippen molar-refractivity contribution >= 4 is 17.6 Å². The first-order valence-corrected chi connectivity index (χ1v) is 10.5. The van der Waals surface area contributed by atoms with Crippen LogP contribution in [-0.2, 0) is 17.8 Å². The highest BCUT2D eigenvalue weighted by Crippen LogP contribution is 2.29. The zero-order chi connectivity index (χ0) is 20.3. The summed E-state index contributed by atoms with van der Waals surface area (Å²) < 4.78 is 0. The van der Waals surface area contributed by atoms with Gasteiger partial charge in [0.1, 0.15) is 0 Å². The molecule has 0 spiro atoms. The Morgan fingerprint density at radius 1 is 1.21 bits per heavy atom. The molecule has 1 aliphatic heterocycles. The Morgan fingerprint density at radius 3 is 2.64 bits per heavy atom. The fraction of sp³-hybridized carbons (Fsp3) is 0.458. The van der Waals surface area contributed by atoms with Crippen molar-refractivity contribution in [2.24, 2.45) is 5.92 Å². The van der Waals surface area contributed by atoms with E-state index in [1.54, 1.807) is 0 Å². The largest absolute Gasteiger partial charge is 0.481 e. The molecule has 3 nitrogen and oxygen atoms in total. The molecule has 0 aromatic heterocycles. The zero-order valence-electron chi connectivity index (χ0n) is 17.0. The van der Waals surface area contributed by atoms with Gasteiger partial charge < -0.3 is 5.11 Å². The average Bonchev–Trinajstić information content (AvgIpc) is 3.13. The standard InChI is InChI=1S/C24H30ClNO2/c1-4-19(20-7-8-23(25)17(3)11-20)12-18-6-5-16(2)22(13-18)15-26-10-9-21(14-26)24(27)28/h5-8,11,13,19,21H,4,9-10,12,14-15H2,1-3H3,(H,27,28)/t19-,21+/m0/s1. The molecule has 0 radical (unpaired) electrons. The van der Waals surface area contributed by atoms with E-state index in [1.807, 2.05) is 6.07 Å². The molecular formula is C24H30ClNO2. The quantitative estimate of drug-likeness (QED) is 0.658. The summed E-state index contributed by atoms with van der Waals surface area (Å²) in [5.74, 6) is -0.423. The lowest BCUT2D eigenvalue weighted by Gasteiger charge is -2.20. The summed E-state index contributed by atoms with van der Waals surface area (Å²) in [6, 6.07) is 13.1. The second kappa shape index (κ2) is 9.11. The molecule has 0 unspecified atom stereocenters. The maximum absolute atomic E-state index is 11.2. The van der Waals surface area contributed by atoms with Crippen LogP contribution in [0, 0.1) is 19.8 Å². The van der Waals surface area contributed by atoms with E-state index in [0.29, 0.717) is 12.5 Å². The second-order valence-corrected chi connectivity index (χ2v) is 8.54. The first-order valence-electron chi connectivity index (χ1n) is 10.2. The third-order valence-corrected chi connectivity index (χ3v) is 6.48. The van der Waals surface area contributed by atoms with Gasteiger partial charge in [-0.3, -0.25) is 9.69 Å². The lowest BCUT2D eigenvalue weighted by molar-refractivity contribution is -0.141. The number of halogens is 1. The molecule has 150 valence electrons. The van der Waals surface area contributed by atoms with Crippen LogP contribution in [0.4, 0.5) is 0 Å². The number of nitrogens with zero attached hydrogens (tertiary/aromatic N) is 1. The smallest absolute Gasteiger partial charge is 0.307 e. The number of carboxylic acids is 1. The van der Waals surface area contributed by atoms with Crippen molar-refractivity contribution in [2.75, 3.05) is 13.1 Å². The Balaban J connectivity index is 1.73. The van der Waals surface area contributed by atoms with Crippen LogP contribution in [0.3, 0.4) is 0 Å². The molecule has 1 heterocycles. The number of aliphatic carboxylic acids is 1. The molecule has 3 rings (SSSR count). The summed E-state index contributed by atoms with van der Waals surface area (Å²) in [7, 11) is 0. The zero-order valence-corrected chi connectivity index (χ0v) is 17.8. The van der Waals surface area contributed by atoms with Gasteiger partial charge >= 0.3 is 5.97 Å². The van der Waals surface area contributed by atoms with Crippen LogP contribution in [0.2, 0.25) is 5.02 Å². The SMILES string of the molecule is CC[C@@H](Cc1ccc(C)c(CN2CC[C@@H](C(=O)O)C2)c1)c1ccc(Cl)c(C)c1. The number of carbonyl (C=O) groups is 1. The van der Waals surface area contributed by atoms with Crippen molar-refractivity contribution in [3.05, 3.63) is 69.2 Å². The minimum atomic E-state index is -0.669. The van der Waals surface area contributed by atoms with Gasteiger partial charge in [-0.2, -0.15) is 0 Å². The monoisotopic (exact) mass is 399 g/mol. The van der Waals surface area contributed by atoms with E-state index < -0.39 is 5.97 Å². The van der Waals surface area contributed by atoms with E-state index in [1.165, 1.54) is 22.3 Å². The molecule has 1 fully saturated rings. The molecule has 1 saturated heterocycles. The Bertz CT molecular complexity index is 848. The van der Waals surface area contributed by atoms with Crippen LogP contribution < -0.4 is 0 Å². The van der Waals surface area contributed by atoms with E-state index >= 15 is 0 Å². The van der Waals surface area contributed by atoms with Gasteiger partial charge in [-0.25, -0.2) is 0 Å². The van der Waals surface area contributed by atoms with Crippen LogP contribution in [-0.4, -0.2) is 29.1 Å². The Labute approximate surface area is 173 Å². The van der Waals surface area contributed by atoms with Crippen LogP contribution in [0.15, 0.2) is 36.4 Å². The summed E-state index contributed by atoms with van der Waals surface area (Å²) in [5, 5.41) is 10.1. The van der Waals surface area contributed by atoms with Crippen LogP contribution in [0.25, 0.3) is 0 Å². The molecule has 0 saturated carbocycles. The number of carboxylic acid groups (broad SMARTS) is 1. The number of likely N-dealkylation sites (tertiary alicyclic amines) is 1.